The summed E-state index contributed by atoms with van der Waals surface area (Å²) < 4.78 is 43.8. The molecule has 0 unspecified atom stereocenters. The SMILES string of the molecule is Cc1nn(Cc2ccc(F)cc2Cl)c(C)c1NS(=O)(=O)c1cnn(C)c1. The summed E-state index contributed by atoms with van der Waals surface area (Å²) in [6.07, 6.45) is 2.69. The average molecular weight is 398 g/mol. The molecule has 0 saturated heterocycles. The number of halogens is 2. The summed E-state index contributed by atoms with van der Waals surface area (Å²) in [4.78, 5) is 0.0631. The van der Waals surface area contributed by atoms with E-state index in [0.717, 1.165) is 0 Å². The maximum absolute atomic E-state index is 13.2. The van der Waals surface area contributed by atoms with E-state index in [9.17, 15) is 12.8 Å². The predicted molar refractivity (Wildman–Crippen MR) is 96.2 cm³/mol. The Morgan fingerprint density at radius 2 is 2.04 bits per heavy atom. The van der Waals surface area contributed by atoms with E-state index in [1.54, 1.807) is 31.6 Å². The molecule has 0 aliphatic heterocycles. The lowest BCUT2D eigenvalue weighted by atomic mass is 10.2. The number of benzene rings is 1. The summed E-state index contributed by atoms with van der Waals surface area (Å²) >= 11 is 6.07. The molecule has 0 aliphatic rings. The normalized spacial score (nSPS) is 11.7. The minimum absolute atomic E-state index is 0.0631. The van der Waals surface area contributed by atoms with E-state index in [1.165, 1.54) is 29.2 Å². The Balaban J connectivity index is 1.91. The van der Waals surface area contributed by atoms with Gasteiger partial charge in [-0.05, 0) is 31.5 Å². The first kappa shape index (κ1) is 18.4. The summed E-state index contributed by atoms with van der Waals surface area (Å²) in [5.74, 6) is -0.419. The second kappa shape index (κ2) is 6.73. The van der Waals surface area contributed by atoms with Crippen molar-refractivity contribution in [2.24, 2.45) is 7.05 Å². The molecule has 3 rings (SSSR count). The molecular formula is C16H17ClFN5O2S. The van der Waals surface area contributed by atoms with Gasteiger partial charge < -0.3 is 0 Å². The van der Waals surface area contributed by atoms with E-state index in [-0.39, 0.29) is 9.92 Å². The maximum atomic E-state index is 13.2. The van der Waals surface area contributed by atoms with Crippen molar-refractivity contribution >= 4 is 27.3 Å². The van der Waals surface area contributed by atoms with Crippen LogP contribution in [0.5, 0.6) is 0 Å². The summed E-state index contributed by atoms with van der Waals surface area (Å²) in [5, 5.41) is 8.53. The number of hydrogen-bond donors (Lipinski definition) is 1. The fourth-order valence-electron chi connectivity index (χ4n) is 2.54. The molecule has 0 aliphatic carbocycles. The number of aromatic nitrogens is 4. The van der Waals surface area contributed by atoms with Gasteiger partial charge in [-0.15, -0.1) is 0 Å². The highest BCUT2D eigenvalue weighted by Gasteiger charge is 2.21. The first-order valence-corrected chi connectivity index (χ1v) is 9.53. The molecule has 10 heteroatoms. The third-order valence-corrected chi connectivity index (χ3v) is 5.60. The van der Waals surface area contributed by atoms with E-state index in [4.69, 9.17) is 11.6 Å². The van der Waals surface area contributed by atoms with Crippen LogP contribution in [0, 0.1) is 19.7 Å². The Morgan fingerprint density at radius 3 is 2.65 bits per heavy atom. The van der Waals surface area contributed by atoms with E-state index < -0.39 is 15.8 Å². The molecule has 2 heterocycles. The van der Waals surface area contributed by atoms with Crippen molar-refractivity contribution in [1.82, 2.24) is 19.6 Å². The number of aryl methyl sites for hydroxylation is 2. The van der Waals surface area contributed by atoms with E-state index in [1.807, 2.05) is 0 Å². The number of nitrogens with one attached hydrogen (secondary N) is 1. The van der Waals surface area contributed by atoms with Crippen molar-refractivity contribution in [2.45, 2.75) is 25.3 Å². The van der Waals surface area contributed by atoms with Crippen LogP contribution in [-0.4, -0.2) is 28.0 Å². The quantitative estimate of drug-likeness (QED) is 0.717. The third-order valence-electron chi connectivity index (χ3n) is 3.94. The van der Waals surface area contributed by atoms with Gasteiger partial charge in [-0.3, -0.25) is 14.1 Å². The van der Waals surface area contributed by atoms with Crippen LogP contribution in [0.25, 0.3) is 0 Å². The molecule has 0 spiro atoms. The molecule has 0 radical (unpaired) electrons. The standard InChI is InChI=1S/C16H17ClFN5O2S/c1-10-16(21-26(24,25)14-7-19-22(3)9-14)11(2)23(20-10)8-12-4-5-13(18)6-15(12)17/h4-7,9,21H,8H2,1-3H3. The molecule has 26 heavy (non-hydrogen) atoms. The Kier molecular flexibility index (Phi) is 4.76. The van der Waals surface area contributed by atoms with Gasteiger partial charge in [0.05, 0.1) is 29.8 Å². The number of rotatable bonds is 5. The largest absolute Gasteiger partial charge is 0.276 e. The number of anilines is 1. The zero-order chi connectivity index (χ0) is 19.1. The summed E-state index contributed by atoms with van der Waals surface area (Å²) in [6.45, 7) is 3.75. The average Bonchev–Trinajstić information content (AvgIpc) is 3.10. The minimum Gasteiger partial charge on any atom is -0.276 e. The highest BCUT2D eigenvalue weighted by Crippen LogP contribution is 2.25. The maximum Gasteiger partial charge on any atom is 0.265 e. The molecule has 0 fully saturated rings. The van der Waals surface area contributed by atoms with E-state index >= 15 is 0 Å². The molecule has 3 aromatic rings. The van der Waals surface area contributed by atoms with Crippen molar-refractivity contribution < 1.29 is 12.8 Å². The van der Waals surface area contributed by atoms with Crippen molar-refractivity contribution in [3.8, 4) is 0 Å². The molecule has 0 amide bonds. The van der Waals surface area contributed by atoms with Gasteiger partial charge >= 0.3 is 0 Å². The van der Waals surface area contributed by atoms with Gasteiger partial charge in [-0.1, -0.05) is 17.7 Å². The zero-order valence-electron chi connectivity index (χ0n) is 14.4. The van der Waals surface area contributed by atoms with Crippen LogP contribution < -0.4 is 4.72 Å². The van der Waals surface area contributed by atoms with Gasteiger partial charge in [0.25, 0.3) is 10.0 Å². The predicted octanol–water partition coefficient (Wildman–Crippen LogP) is 2.88. The Hall–Kier alpha value is -2.39. The monoisotopic (exact) mass is 397 g/mol. The van der Waals surface area contributed by atoms with Gasteiger partial charge in [0.1, 0.15) is 10.7 Å². The smallest absolute Gasteiger partial charge is 0.265 e. The van der Waals surface area contributed by atoms with Crippen LogP contribution in [0.2, 0.25) is 5.02 Å². The van der Waals surface area contributed by atoms with Gasteiger partial charge in [0.2, 0.25) is 0 Å². The fourth-order valence-corrected chi connectivity index (χ4v) is 3.93. The molecule has 7 nitrogen and oxygen atoms in total. The van der Waals surface area contributed by atoms with Crippen molar-refractivity contribution in [1.29, 1.82) is 0 Å². The minimum atomic E-state index is -3.77. The lowest BCUT2D eigenvalue weighted by Crippen LogP contribution is -2.14. The lowest BCUT2D eigenvalue weighted by molar-refractivity contribution is 0.601. The van der Waals surface area contributed by atoms with Crippen LogP contribution in [0.4, 0.5) is 10.1 Å². The molecule has 0 saturated carbocycles. The summed E-state index contributed by atoms with van der Waals surface area (Å²) in [5.41, 5.74) is 2.22. The van der Waals surface area contributed by atoms with Crippen LogP contribution in [0.3, 0.4) is 0 Å². The zero-order valence-corrected chi connectivity index (χ0v) is 15.9. The number of sulfonamides is 1. The summed E-state index contributed by atoms with van der Waals surface area (Å²) in [6, 6.07) is 4.13. The first-order valence-electron chi connectivity index (χ1n) is 7.67. The molecule has 138 valence electrons. The second-order valence-electron chi connectivity index (χ2n) is 5.89. The topological polar surface area (TPSA) is 81.8 Å². The lowest BCUT2D eigenvalue weighted by Gasteiger charge is -2.09. The molecule has 1 aromatic carbocycles. The van der Waals surface area contributed by atoms with Gasteiger partial charge in [0.15, 0.2) is 0 Å². The van der Waals surface area contributed by atoms with E-state index in [2.05, 4.69) is 14.9 Å². The number of hydrogen-bond acceptors (Lipinski definition) is 4. The van der Waals surface area contributed by atoms with Crippen LogP contribution in [-0.2, 0) is 23.6 Å². The van der Waals surface area contributed by atoms with Crippen LogP contribution in [0.15, 0.2) is 35.5 Å². The molecular weight excluding hydrogens is 381 g/mol. The molecule has 0 atom stereocenters. The van der Waals surface area contributed by atoms with Gasteiger partial charge in [0, 0.05) is 18.3 Å². The Labute approximate surface area is 155 Å². The Bertz CT molecular complexity index is 1070. The summed E-state index contributed by atoms with van der Waals surface area (Å²) in [7, 11) is -2.13. The Morgan fingerprint density at radius 1 is 1.31 bits per heavy atom. The molecule has 1 N–H and O–H groups in total. The highest BCUT2D eigenvalue weighted by atomic mass is 35.5. The van der Waals surface area contributed by atoms with Gasteiger partial charge in [-0.25, -0.2) is 12.8 Å². The molecule has 2 aromatic heterocycles. The second-order valence-corrected chi connectivity index (χ2v) is 7.98. The molecule has 0 bridgehead atoms. The van der Waals surface area contributed by atoms with Gasteiger partial charge in [-0.2, -0.15) is 10.2 Å². The third kappa shape index (κ3) is 3.58. The van der Waals surface area contributed by atoms with E-state index in [0.29, 0.717) is 29.2 Å². The van der Waals surface area contributed by atoms with Crippen molar-refractivity contribution in [2.75, 3.05) is 4.72 Å². The van der Waals surface area contributed by atoms with Crippen molar-refractivity contribution in [3.63, 3.8) is 0 Å². The van der Waals surface area contributed by atoms with Crippen molar-refractivity contribution in [3.05, 3.63) is 58.4 Å². The van der Waals surface area contributed by atoms with Crippen LogP contribution in [0.1, 0.15) is 17.0 Å². The number of nitrogens with zero attached hydrogens (tertiary/aromatic N) is 4. The fraction of sp³-hybridized carbons (Fsp3) is 0.250. The first-order chi connectivity index (χ1) is 12.2. The highest BCUT2D eigenvalue weighted by molar-refractivity contribution is 7.92. The van der Waals surface area contributed by atoms with Crippen LogP contribution >= 0.6 is 11.6 Å².